The second-order valence-electron chi connectivity index (χ2n) is 6.92. The van der Waals surface area contributed by atoms with Gasteiger partial charge in [0.05, 0.1) is 40.9 Å². The summed E-state index contributed by atoms with van der Waals surface area (Å²) < 4.78 is 14.9. The number of nitrogens with zero attached hydrogens (tertiary/aromatic N) is 4. The Morgan fingerprint density at radius 1 is 1.20 bits per heavy atom. The number of pyridine rings is 2. The van der Waals surface area contributed by atoms with Crippen LogP contribution in [-0.4, -0.2) is 25.7 Å². The highest BCUT2D eigenvalue weighted by atomic mass is 32.1. The molecule has 0 aliphatic carbocycles. The van der Waals surface area contributed by atoms with Crippen LogP contribution in [0.25, 0.3) is 16.6 Å². The summed E-state index contributed by atoms with van der Waals surface area (Å²) in [6.45, 7) is 3.88. The van der Waals surface area contributed by atoms with Gasteiger partial charge in [0.15, 0.2) is 0 Å². The van der Waals surface area contributed by atoms with Gasteiger partial charge < -0.3 is 5.32 Å². The van der Waals surface area contributed by atoms with Gasteiger partial charge in [0, 0.05) is 22.7 Å². The molecule has 0 fully saturated rings. The van der Waals surface area contributed by atoms with Crippen LogP contribution >= 0.6 is 12.6 Å². The number of fused-ring (bicyclic) bond motifs is 1. The summed E-state index contributed by atoms with van der Waals surface area (Å²) in [6.07, 6.45) is 7.20. The van der Waals surface area contributed by atoms with E-state index in [0.29, 0.717) is 28.6 Å². The Balaban J connectivity index is 1.68. The van der Waals surface area contributed by atoms with E-state index in [1.54, 1.807) is 35.4 Å². The Labute approximate surface area is 178 Å². The molecule has 6 nitrogen and oxygen atoms in total. The maximum atomic E-state index is 13.3. The standard InChI is InChI=1S/C22H20FN5OS/c1-3-19(16-8-9-25-13(2)21(16)30)27-22(29)18-10-24-12-20-17(18)11-26-28(20)15-6-4-14(23)5-7-15/h4-12,19,30H,3H2,1-2H3,(H,27,29)/t19-/m0/s1. The molecular weight excluding hydrogens is 401 g/mol. The van der Waals surface area contributed by atoms with Gasteiger partial charge in [-0.25, -0.2) is 9.07 Å². The average Bonchev–Trinajstić information content (AvgIpc) is 3.19. The molecule has 0 saturated carbocycles. The van der Waals surface area contributed by atoms with Crippen molar-refractivity contribution >= 4 is 29.4 Å². The van der Waals surface area contributed by atoms with Gasteiger partial charge in [-0.05, 0) is 49.2 Å². The molecule has 0 saturated heterocycles. The van der Waals surface area contributed by atoms with Gasteiger partial charge in [0.2, 0.25) is 0 Å². The van der Waals surface area contributed by atoms with Crippen LogP contribution in [0.5, 0.6) is 0 Å². The number of aromatic nitrogens is 4. The molecule has 3 heterocycles. The number of hydrogen-bond donors (Lipinski definition) is 2. The molecule has 1 atom stereocenters. The molecule has 0 unspecified atom stereocenters. The van der Waals surface area contributed by atoms with Gasteiger partial charge in [-0.2, -0.15) is 5.10 Å². The first-order chi connectivity index (χ1) is 14.5. The second-order valence-corrected chi connectivity index (χ2v) is 7.37. The van der Waals surface area contributed by atoms with E-state index in [-0.39, 0.29) is 17.8 Å². The summed E-state index contributed by atoms with van der Waals surface area (Å²) in [6, 6.07) is 7.64. The Morgan fingerprint density at radius 3 is 2.70 bits per heavy atom. The van der Waals surface area contributed by atoms with E-state index in [1.807, 2.05) is 19.9 Å². The Morgan fingerprint density at radius 2 is 1.97 bits per heavy atom. The number of carbonyl (C=O) groups is 1. The van der Waals surface area contributed by atoms with Crippen molar-refractivity contribution in [2.24, 2.45) is 0 Å². The summed E-state index contributed by atoms with van der Waals surface area (Å²) in [5.74, 6) is -0.574. The molecule has 3 aromatic heterocycles. The molecular formula is C22H20FN5OS. The van der Waals surface area contributed by atoms with Crippen LogP contribution in [0.3, 0.4) is 0 Å². The summed E-state index contributed by atoms with van der Waals surface area (Å²) in [5, 5.41) is 8.11. The molecule has 4 aromatic rings. The van der Waals surface area contributed by atoms with Crippen molar-refractivity contribution in [3.8, 4) is 5.69 Å². The monoisotopic (exact) mass is 421 g/mol. The lowest BCUT2D eigenvalue weighted by atomic mass is 10.0. The van der Waals surface area contributed by atoms with Crippen molar-refractivity contribution in [3.05, 3.63) is 77.8 Å². The fraction of sp³-hybridized carbons (Fsp3) is 0.182. The molecule has 0 aliphatic heterocycles. The normalized spacial score (nSPS) is 12.1. The molecule has 0 aliphatic rings. The minimum atomic E-state index is -0.325. The maximum absolute atomic E-state index is 13.3. The van der Waals surface area contributed by atoms with Crippen LogP contribution < -0.4 is 5.32 Å². The minimum Gasteiger partial charge on any atom is -0.345 e. The third-order valence-electron chi connectivity index (χ3n) is 5.04. The first kappa shape index (κ1) is 20.0. The quantitative estimate of drug-likeness (QED) is 0.468. The number of aryl methyl sites for hydroxylation is 1. The van der Waals surface area contributed by atoms with Crippen LogP contribution in [0.1, 0.15) is 41.0 Å². The summed E-state index contributed by atoms with van der Waals surface area (Å²) in [4.78, 5) is 22.3. The first-order valence-electron chi connectivity index (χ1n) is 9.52. The highest BCUT2D eigenvalue weighted by Gasteiger charge is 2.20. The minimum absolute atomic E-state index is 0.214. The average molecular weight is 422 g/mol. The largest absolute Gasteiger partial charge is 0.345 e. The molecule has 4 rings (SSSR count). The molecule has 1 aromatic carbocycles. The molecule has 0 radical (unpaired) electrons. The van der Waals surface area contributed by atoms with E-state index in [9.17, 15) is 9.18 Å². The smallest absolute Gasteiger partial charge is 0.254 e. The number of nitrogens with one attached hydrogen (secondary N) is 1. The zero-order valence-corrected chi connectivity index (χ0v) is 17.4. The van der Waals surface area contributed by atoms with E-state index in [2.05, 4.69) is 33.0 Å². The van der Waals surface area contributed by atoms with Crippen molar-refractivity contribution in [1.29, 1.82) is 0 Å². The number of hydrogen-bond acceptors (Lipinski definition) is 5. The summed E-state index contributed by atoms with van der Waals surface area (Å²) >= 11 is 4.56. The predicted octanol–water partition coefficient (Wildman–Crippen LogP) is 4.43. The Hall–Kier alpha value is -3.26. The third kappa shape index (κ3) is 3.66. The van der Waals surface area contributed by atoms with Gasteiger partial charge in [-0.15, -0.1) is 12.6 Å². The summed E-state index contributed by atoms with van der Waals surface area (Å²) in [5.41, 5.74) is 3.50. The Bertz CT molecular complexity index is 1220. The van der Waals surface area contributed by atoms with Crippen molar-refractivity contribution in [1.82, 2.24) is 25.1 Å². The number of halogens is 1. The predicted molar refractivity (Wildman–Crippen MR) is 116 cm³/mol. The Kier molecular flexibility index (Phi) is 5.50. The van der Waals surface area contributed by atoms with E-state index >= 15 is 0 Å². The van der Waals surface area contributed by atoms with E-state index in [1.165, 1.54) is 18.3 Å². The molecule has 152 valence electrons. The van der Waals surface area contributed by atoms with Gasteiger partial charge in [0.1, 0.15) is 5.82 Å². The number of thiol groups is 1. The zero-order valence-electron chi connectivity index (χ0n) is 16.5. The van der Waals surface area contributed by atoms with Crippen molar-refractivity contribution in [2.75, 3.05) is 0 Å². The number of rotatable bonds is 5. The summed E-state index contributed by atoms with van der Waals surface area (Å²) in [7, 11) is 0. The topological polar surface area (TPSA) is 72.7 Å². The van der Waals surface area contributed by atoms with E-state index in [4.69, 9.17) is 0 Å². The molecule has 1 N–H and O–H groups in total. The van der Waals surface area contributed by atoms with E-state index in [0.717, 1.165) is 16.2 Å². The van der Waals surface area contributed by atoms with Gasteiger partial charge >= 0.3 is 0 Å². The second kappa shape index (κ2) is 8.23. The number of carbonyl (C=O) groups excluding carboxylic acids is 1. The number of amides is 1. The van der Waals surface area contributed by atoms with Crippen molar-refractivity contribution in [2.45, 2.75) is 31.2 Å². The van der Waals surface area contributed by atoms with Crippen LogP contribution in [0, 0.1) is 12.7 Å². The van der Waals surface area contributed by atoms with Crippen LogP contribution in [0.2, 0.25) is 0 Å². The van der Waals surface area contributed by atoms with Gasteiger partial charge in [0.25, 0.3) is 5.91 Å². The van der Waals surface area contributed by atoms with Crippen LogP contribution in [0.4, 0.5) is 4.39 Å². The third-order valence-corrected chi connectivity index (χ3v) is 5.62. The lowest BCUT2D eigenvalue weighted by Crippen LogP contribution is -2.28. The highest BCUT2D eigenvalue weighted by molar-refractivity contribution is 7.80. The molecule has 30 heavy (non-hydrogen) atoms. The van der Waals surface area contributed by atoms with Crippen molar-refractivity contribution in [3.63, 3.8) is 0 Å². The lowest BCUT2D eigenvalue weighted by molar-refractivity contribution is 0.0936. The fourth-order valence-corrected chi connectivity index (χ4v) is 3.69. The molecule has 8 heteroatoms. The van der Waals surface area contributed by atoms with Gasteiger partial charge in [-0.3, -0.25) is 14.8 Å². The fourth-order valence-electron chi connectivity index (χ4n) is 3.41. The molecule has 0 spiro atoms. The van der Waals surface area contributed by atoms with E-state index < -0.39 is 0 Å². The SMILES string of the molecule is CC[C@H](NC(=O)c1cncc2c1cnn2-c1ccc(F)cc1)c1ccnc(C)c1S. The van der Waals surface area contributed by atoms with Crippen molar-refractivity contribution < 1.29 is 9.18 Å². The van der Waals surface area contributed by atoms with Crippen LogP contribution in [-0.2, 0) is 0 Å². The molecule has 0 bridgehead atoms. The molecule has 1 amide bonds. The lowest BCUT2D eigenvalue weighted by Gasteiger charge is -2.20. The van der Waals surface area contributed by atoms with Gasteiger partial charge in [-0.1, -0.05) is 6.92 Å². The first-order valence-corrected chi connectivity index (χ1v) is 9.97. The van der Waals surface area contributed by atoms with Crippen LogP contribution in [0.15, 0.2) is 60.0 Å². The number of benzene rings is 1. The maximum Gasteiger partial charge on any atom is 0.254 e. The zero-order chi connectivity index (χ0) is 21.3. The highest BCUT2D eigenvalue weighted by Crippen LogP contribution is 2.27.